The number of rotatable bonds is 5. The lowest BCUT2D eigenvalue weighted by atomic mass is 10.1. The average molecular weight is 173 g/mol. The third kappa shape index (κ3) is 7.72. The summed E-state index contributed by atoms with van der Waals surface area (Å²) >= 11 is 0. The normalized spacial score (nSPS) is 14.3. The molecule has 1 unspecified atom stereocenters. The van der Waals surface area contributed by atoms with Gasteiger partial charge in [-0.05, 0) is 20.8 Å². The fourth-order valence-corrected chi connectivity index (χ4v) is 0.632. The van der Waals surface area contributed by atoms with Gasteiger partial charge in [-0.1, -0.05) is 6.08 Å². The summed E-state index contributed by atoms with van der Waals surface area (Å²) in [6.45, 7) is 10.4. The van der Waals surface area contributed by atoms with Crippen molar-refractivity contribution < 1.29 is 9.84 Å². The Kier molecular flexibility index (Phi) is 5.13. The number of hydrogen-bond acceptors (Lipinski definition) is 3. The summed E-state index contributed by atoms with van der Waals surface area (Å²) in [6.07, 6.45) is 0.863. The van der Waals surface area contributed by atoms with E-state index in [2.05, 4.69) is 11.9 Å². The van der Waals surface area contributed by atoms with Crippen LogP contribution in [0.3, 0.4) is 0 Å². The third-order valence-corrected chi connectivity index (χ3v) is 1.21. The van der Waals surface area contributed by atoms with Gasteiger partial charge in [0.05, 0.1) is 6.61 Å². The Morgan fingerprint density at radius 2 is 2.17 bits per heavy atom. The Morgan fingerprint density at radius 1 is 1.58 bits per heavy atom. The molecule has 1 atom stereocenters. The van der Waals surface area contributed by atoms with Gasteiger partial charge in [0.1, 0.15) is 0 Å². The molecule has 0 aromatic heterocycles. The van der Waals surface area contributed by atoms with E-state index in [1.165, 1.54) is 0 Å². The number of nitrogens with one attached hydrogen (secondary N) is 1. The SMILES string of the molecule is C=CCOC(O)CNC(C)(C)C. The number of ether oxygens (including phenoxy) is 1. The summed E-state index contributed by atoms with van der Waals surface area (Å²) in [4.78, 5) is 0. The molecule has 0 aliphatic rings. The first kappa shape index (κ1) is 11.6. The second kappa shape index (κ2) is 5.30. The minimum absolute atomic E-state index is 0.0124. The van der Waals surface area contributed by atoms with Gasteiger partial charge < -0.3 is 15.2 Å². The van der Waals surface area contributed by atoms with E-state index in [1.807, 2.05) is 20.8 Å². The molecule has 12 heavy (non-hydrogen) atoms. The zero-order valence-corrected chi connectivity index (χ0v) is 8.13. The first-order chi connectivity index (χ1) is 5.45. The Bertz CT molecular complexity index is 129. The highest BCUT2D eigenvalue weighted by molar-refractivity contribution is 4.71. The maximum atomic E-state index is 9.21. The van der Waals surface area contributed by atoms with Crippen molar-refractivity contribution in [3.05, 3.63) is 12.7 Å². The van der Waals surface area contributed by atoms with E-state index in [4.69, 9.17) is 4.74 Å². The summed E-state index contributed by atoms with van der Waals surface area (Å²) in [5.41, 5.74) is 0.0124. The van der Waals surface area contributed by atoms with Gasteiger partial charge in [-0.2, -0.15) is 0 Å². The molecule has 3 nitrogen and oxygen atoms in total. The molecule has 2 N–H and O–H groups in total. The summed E-state index contributed by atoms with van der Waals surface area (Å²) in [5, 5.41) is 12.3. The molecule has 0 rings (SSSR count). The van der Waals surface area contributed by atoms with Gasteiger partial charge in [0.15, 0.2) is 6.29 Å². The van der Waals surface area contributed by atoms with Gasteiger partial charge in [0.2, 0.25) is 0 Å². The molecule has 0 saturated carbocycles. The summed E-state index contributed by atoms with van der Waals surface area (Å²) in [5.74, 6) is 0. The van der Waals surface area contributed by atoms with Crippen LogP contribution in [0.2, 0.25) is 0 Å². The largest absolute Gasteiger partial charge is 0.367 e. The van der Waals surface area contributed by atoms with Crippen LogP contribution in [0, 0.1) is 0 Å². The van der Waals surface area contributed by atoms with Crippen LogP contribution < -0.4 is 5.32 Å². The lowest BCUT2D eigenvalue weighted by Crippen LogP contribution is -2.41. The quantitative estimate of drug-likeness (QED) is 0.479. The van der Waals surface area contributed by atoms with Crippen LogP contribution in [0.25, 0.3) is 0 Å². The van der Waals surface area contributed by atoms with Crippen molar-refractivity contribution in [1.29, 1.82) is 0 Å². The molecular weight excluding hydrogens is 154 g/mol. The van der Waals surface area contributed by atoms with Gasteiger partial charge >= 0.3 is 0 Å². The lowest BCUT2D eigenvalue weighted by molar-refractivity contribution is -0.0881. The van der Waals surface area contributed by atoms with Gasteiger partial charge in [-0.3, -0.25) is 0 Å². The molecule has 0 amide bonds. The maximum absolute atomic E-state index is 9.21. The highest BCUT2D eigenvalue weighted by atomic mass is 16.6. The first-order valence-electron chi connectivity index (χ1n) is 4.11. The van der Waals surface area contributed by atoms with Gasteiger partial charge in [0.25, 0.3) is 0 Å². The fraction of sp³-hybridized carbons (Fsp3) is 0.778. The molecule has 0 bridgehead atoms. The molecule has 0 radical (unpaired) electrons. The lowest BCUT2D eigenvalue weighted by Gasteiger charge is -2.22. The van der Waals surface area contributed by atoms with E-state index in [0.717, 1.165) is 0 Å². The third-order valence-electron chi connectivity index (χ3n) is 1.21. The van der Waals surface area contributed by atoms with Gasteiger partial charge in [-0.15, -0.1) is 6.58 Å². The van der Waals surface area contributed by atoms with E-state index in [1.54, 1.807) is 6.08 Å². The number of aliphatic hydroxyl groups is 1. The minimum Gasteiger partial charge on any atom is -0.367 e. The Morgan fingerprint density at radius 3 is 2.58 bits per heavy atom. The predicted molar refractivity (Wildman–Crippen MR) is 49.9 cm³/mol. The van der Waals surface area contributed by atoms with Crippen LogP contribution in [0.4, 0.5) is 0 Å². The second-order valence-corrected chi connectivity index (χ2v) is 3.71. The minimum atomic E-state index is -0.748. The van der Waals surface area contributed by atoms with Crippen molar-refractivity contribution >= 4 is 0 Å². The first-order valence-corrected chi connectivity index (χ1v) is 4.11. The number of aliphatic hydroxyl groups excluding tert-OH is 1. The van der Waals surface area contributed by atoms with Crippen molar-refractivity contribution in [3.63, 3.8) is 0 Å². The molecule has 3 heteroatoms. The molecule has 0 aliphatic carbocycles. The maximum Gasteiger partial charge on any atom is 0.167 e. The molecule has 0 aromatic rings. The zero-order valence-electron chi connectivity index (χ0n) is 8.13. The standard InChI is InChI=1S/C9H19NO2/c1-5-6-12-8(11)7-10-9(2,3)4/h5,8,10-11H,1,6-7H2,2-4H3. The highest BCUT2D eigenvalue weighted by Gasteiger charge is 2.11. The van der Waals surface area contributed by atoms with Crippen LogP contribution in [0.15, 0.2) is 12.7 Å². The predicted octanol–water partition coefficient (Wildman–Crippen LogP) is 0.895. The van der Waals surface area contributed by atoms with Crippen LogP contribution >= 0.6 is 0 Å². The van der Waals surface area contributed by atoms with Crippen molar-refractivity contribution in [2.75, 3.05) is 13.2 Å². The Labute approximate surface area is 74.4 Å². The molecule has 0 heterocycles. The summed E-state index contributed by atoms with van der Waals surface area (Å²) < 4.78 is 4.96. The topological polar surface area (TPSA) is 41.5 Å². The van der Waals surface area contributed by atoms with Crippen molar-refractivity contribution in [2.24, 2.45) is 0 Å². The van der Waals surface area contributed by atoms with Crippen molar-refractivity contribution in [2.45, 2.75) is 32.6 Å². The van der Waals surface area contributed by atoms with E-state index in [0.29, 0.717) is 13.2 Å². The zero-order chi connectivity index (χ0) is 9.61. The van der Waals surface area contributed by atoms with Gasteiger partial charge in [0, 0.05) is 12.1 Å². The number of β-amino-alcohol motifs (C(OH)–C–C–N with tert-alkyl or cyclic N) is 1. The Hall–Kier alpha value is -0.380. The van der Waals surface area contributed by atoms with Crippen LogP contribution in [0.1, 0.15) is 20.8 Å². The molecule has 0 saturated heterocycles. The van der Waals surface area contributed by atoms with Crippen molar-refractivity contribution in [3.8, 4) is 0 Å². The highest BCUT2D eigenvalue weighted by Crippen LogP contribution is 1.98. The molecule has 0 aromatic carbocycles. The molecule has 0 fully saturated rings. The van der Waals surface area contributed by atoms with E-state index >= 15 is 0 Å². The van der Waals surface area contributed by atoms with E-state index in [9.17, 15) is 5.11 Å². The number of hydrogen-bond donors (Lipinski definition) is 2. The van der Waals surface area contributed by atoms with E-state index in [-0.39, 0.29) is 5.54 Å². The van der Waals surface area contributed by atoms with Gasteiger partial charge in [-0.25, -0.2) is 0 Å². The molecule has 0 aliphatic heterocycles. The van der Waals surface area contributed by atoms with Crippen molar-refractivity contribution in [1.82, 2.24) is 5.32 Å². The van der Waals surface area contributed by atoms with E-state index < -0.39 is 6.29 Å². The smallest absolute Gasteiger partial charge is 0.167 e. The van der Waals surface area contributed by atoms with Crippen LogP contribution in [-0.4, -0.2) is 30.1 Å². The Balaban J connectivity index is 3.43. The monoisotopic (exact) mass is 173 g/mol. The summed E-state index contributed by atoms with van der Waals surface area (Å²) in [6, 6.07) is 0. The fourth-order valence-electron chi connectivity index (χ4n) is 0.632. The second-order valence-electron chi connectivity index (χ2n) is 3.71. The molecular formula is C9H19NO2. The average Bonchev–Trinajstić information content (AvgIpc) is 1.95. The van der Waals surface area contributed by atoms with Crippen LogP contribution in [0.5, 0.6) is 0 Å². The molecule has 72 valence electrons. The van der Waals surface area contributed by atoms with Crippen LogP contribution in [-0.2, 0) is 4.74 Å². The summed E-state index contributed by atoms with van der Waals surface area (Å²) in [7, 11) is 0. The molecule has 0 spiro atoms.